The van der Waals surface area contributed by atoms with Gasteiger partial charge in [-0.3, -0.25) is 4.79 Å². The van der Waals surface area contributed by atoms with E-state index in [1.165, 1.54) is 6.07 Å². The van der Waals surface area contributed by atoms with Gasteiger partial charge in [0.2, 0.25) is 0 Å². The van der Waals surface area contributed by atoms with Gasteiger partial charge in [-0.1, -0.05) is 5.57 Å². The van der Waals surface area contributed by atoms with Crippen molar-refractivity contribution < 1.29 is 13.9 Å². The lowest BCUT2D eigenvalue weighted by Crippen LogP contribution is -2.03. The molecule has 0 unspecified atom stereocenters. The van der Waals surface area contributed by atoms with Gasteiger partial charge in [0.25, 0.3) is 0 Å². The van der Waals surface area contributed by atoms with E-state index >= 15 is 0 Å². The van der Waals surface area contributed by atoms with E-state index in [0.717, 1.165) is 16.5 Å². The molecule has 1 aromatic heterocycles. The second-order valence-corrected chi connectivity index (χ2v) is 4.81. The summed E-state index contributed by atoms with van der Waals surface area (Å²) in [6, 6.07) is 4.91. The zero-order valence-electron chi connectivity index (χ0n) is 11.7. The van der Waals surface area contributed by atoms with Crippen LogP contribution in [0.4, 0.5) is 0 Å². The summed E-state index contributed by atoms with van der Waals surface area (Å²) in [6.45, 7) is 6.10. The maximum absolute atomic E-state index is 11.5. The number of benzene rings is 1. The second kappa shape index (κ2) is 5.74. The van der Waals surface area contributed by atoms with E-state index in [0.29, 0.717) is 18.6 Å². The molecule has 0 aliphatic rings. The van der Waals surface area contributed by atoms with E-state index in [4.69, 9.17) is 9.15 Å². The van der Waals surface area contributed by atoms with Crippen LogP contribution >= 0.6 is 0 Å². The van der Waals surface area contributed by atoms with Gasteiger partial charge in [-0.25, -0.2) is 4.79 Å². The molecule has 0 saturated heterocycles. The molecule has 0 atom stereocenters. The zero-order chi connectivity index (χ0) is 14.7. The van der Waals surface area contributed by atoms with Crippen molar-refractivity contribution in [3.63, 3.8) is 0 Å². The molecule has 0 N–H and O–H groups in total. The standard InChI is InChI=1S/C16H16O4/c1-10(2)6-7-19-14-5-4-12-11(3)8-15(18)20-16(12)13(14)9-17/h4-6,8-9H,7H2,1-3H3. The molecule has 0 aliphatic carbocycles. The molecule has 104 valence electrons. The van der Waals surface area contributed by atoms with Gasteiger partial charge in [-0.05, 0) is 44.5 Å². The number of hydrogen-bond donors (Lipinski definition) is 0. The third kappa shape index (κ3) is 2.79. The zero-order valence-corrected chi connectivity index (χ0v) is 11.7. The number of aryl methyl sites for hydroxylation is 1. The SMILES string of the molecule is CC(C)=CCOc1ccc2c(C)cc(=O)oc2c1C=O. The van der Waals surface area contributed by atoms with Crippen molar-refractivity contribution in [2.24, 2.45) is 0 Å². The first-order valence-corrected chi connectivity index (χ1v) is 6.31. The van der Waals surface area contributed by atoms with Crippen LogP contribution in [0.2, 0.25) is 0 Å². The Bertz CT molecular complexity index is 734. The fourth-order valence-electron chi connectivity index (χ4n) is 1.92. The van der Waals surface area contributed by atoms with Crippen molar-refractivity contribution in [3.8, 4) is 5.75 Å². The lowest BCUT2D eigenvalue weighted by molar-refractivity contribution is 0.112. The van der Waals surface area contributed by atoms with E-state index in [1.807, 2.05) is 19.9 Å². The Morgan fingerprint density at radius 3 is 2.75 bits per heavy atom. The number of rotatable bonds is 4. The van der Waals surface area contributed by atoms with Crippen molar-refractivity contribution in [1.29, 1.82) is 0 Å². The lowest BCUT2D eigenvalue weighted by atomic mass is 10.1. The second-order valence-electron chi connectivity index (χ2n) is 4.81. The predicted molar refractivity (Wildman–Crippen MR) is 77.5 cm³/mol. The monoisotopic (exact) mass is 272 g/mol. The Kier molecular flexibility index (Phi) is 4.03. The van der Waals surface area contributed by atoms with Crippen LogP contribution in [0.1, 0.15) is 29.8 Å². The minimum atomic E-state index is -0.473. The van der Waals surface area contributed by atoms with Crippen molar-refractivity contribution in [3.05, 3.63) is 51.4 Å². The van der Waals surface area contributed by atoms with E-state index < -0.39 is 5.63 Å². The Morgan fingerprint density at radius 1 is 1.35 bits per heavy atom. The van der Waals surface area contributed by atoms with Gasteiger partial charge in [0.15, 0.2) is 11.9 Å². The fourth-order valence-corrected chi connectivity index (χ4v) is 1.92. The van der Waals surface area contributed by atoms with Crippen LogP contribution in [0, 0.1) is 6.92 Å². The molecule has 0 bridgehead atoms. The van der Waals surface area contributed by atoms with Crippen LogP contribution in [-0.2, 0) is 0 Å². The van der Waals surface area contributed by atoms with Gasteiger partial charge in [0, 0.05) is 11.5 Å². The van der Waals surface area contributed by atoms with Crippen LogP contribution in [0.15, 0.2) is 39.1 Å². The Balaban J connectivity index is 2.54. The largest absolute Gasteiger partial charge is 0.489 e. The highest BCUT2D eigenvalue weighted by Crippen LogP contribution is 2.27. The van der Waals surface area contributed by atoms with Crippen LogP contribution in [0.3, 0.4) is 0 Å². The maximum atomic E-state index is 11.5. The molecule has 0 spiro atoms. The lowest BCUT2D eigenvalue weighted by Gasteiger charge is -2.09. The van der Waals surface area contributed by atoms with Crippen LogP contribution in [0.25, 0.3) is 11.0 Å². The van der Waals surface area contributed by atoms with Gasteiger partial charge in [0.05, 0.1) is 5.56 Å². The maximum Gasteiger partial charge on any atom is 0.336 e. The van der Waals surface area contributed by atoms with Crippen LogP contribution in [0.5, 0.6) is 5.75 Å². The van der Waals surface area contributed by atoms with E-state index in [-0.39, 0.29) is 11.1 Å². The van der Waals surface area contributed by atoms with Crippen molar-refractivity contribution in [2.45, 2.75) is 20.8 Å². The van der Waals surface area contributed by atoms with Crippen LogP contribution < -0.4 is 10.4 Å². The first-order chi connectivity index (χ1) is 9.52. The molecule has 4 nitrogen and oxygen atoms in total. The summed E-state index contributed by atoms with van der Waals surface area (Å²) in [5, 5.41) is 0.737. The van der Waals surface area contributed by atoms with E-state index in [1.54, 1.807) is 19.1 Å². The molecule has 0 saturated carbocycles. The number of allylic oxidation sites excluding steroid dienone is 1. The Labute approximate surface area is 116 Å². The number of ether oxygens (including phenoxy) is 1. The molecule has 20 heavy (non-hydrogen) atoms. The van der Waals surface area contributed by atoms with E-state index in [2.05, 4.69) is 0 Å². The van der Waals surface area contributed by atoms with Gasteiger partial charge >= 0.3 is 5.63 Å². The highest BCUT2D eigenvalue weighted by molar-refractivity contribution is 5.98. The summed E-state index contributed by atoms with van der Waals surface area (Å²) in [4.78, 5) is 22.8. The molecule has 0 amide bonds. The Hall–Kier alpha value is -2.36. The summed E-state index contributed by atoms with van der Waals surface area (Å²) < 4.78 is 10.7. The molecule has 4 heteroatoms. The first kappa shape index (κ1) is 14.1. The minimum absolute atomic E-state index is 0.269. The summed E-state index contributed by atoms with van der Waals surface area (Å²) in [6.07, 6.45) is 2.56. The van der Waals surface area contributed by atoms with Crippen molar-refractivity contribution in [1.82, 2.24) is 0 Å². The summed E-state index contributed by atoms with van der Waals surface area (Å²) in [7, 11) is 0. The van der Waals surface area contributed by atoms with Crippen molar-refractivity contribution in [2.75, 3.05) is 6.61 Å². The number of aldehydes is 1. The van der Waals surface area contributed by atoms with Gasteiger partial charge in [-0.2, -0.15) is 0 Å². The Morgan fingerprint density at radius 2 is 2.10 bits per heavy atom. The molecule has 0 radical (unpaired) electrons. The molecule has 2 rings (SSSR count). The highest BCUT2D eigenvalue weighted by Gasteiger charge is 2.12. The number of hydrogen-bond acceptors (Lipinski definition) is 4. The summed E-state index contributed by atoms with van der Waals surface area (Å²) in [5.74, 6) is 0.416. The fraction of sp³-hybridized carbons (Fsp3) is 0.250. The molecular formula is C16H16O4. The third-order valence-corrected chi connectivity index (χ3v) is 2.97. The molecule has 0 fully saturated rings. The van der Waals surface area contributed by atoms with Gasteiger partial charge in [-0.15, -0.1) is 0 Å². The predicted octanol–water partition coefficient (Wildman–Crippen LogP) is 3.26. The topological polar surface area (TPSA) is 56.5 Å². The van der Waals surface area contributed by atoms with Crippen LogP contribution in [-0.4, -0.2) is 12.9 Å². The minimum Gasteiger partial charge on any atom is -0.489 e. The third-order valence-electron chi connectivity index (χ3n) is 2.97. The van der Waals surface area contributed by atoms with E-state index in [9.17, 15) is 9.59 Å². The molecule has 1 aromatic carbocycles. The normalized spacial score (nSPS) is 10.3. The molecule has 0 aliphatic heterocycles. The van der Waals surface area contributed by atoms with Gasteiger partial charge < -0.3 is 9.15 Å². The average Bonchev–Trinajstić information content (AvgIpc) is 2.37. The molecular weight excluding hydrogens is 256 g/mol. The van der Waals surface area contributed by atoms with Crippen molar-refractivity contribution >= 4 is 17.3 Å². The highest BCUT2D eigenvalue weighted by atomic mass is 16.5. The molecule has 1 heterocycles. The van der Waals surface area contributed by atoms with Gasteiger partial charge in [0.1, 0.15) is 12.4 Å². The first-order valence-electron chi connectivity index (χ1n) is 6.31. The number of fused-ring (bicyclic) bond motifs is 1. The number of carbonyl (C=O) groups excluding carboxylic acids is 1. The molecule has 2 aromatic rings. The summed E-state index contributed by atoms with van der Waals surface area (Å²) in [5.41, 5.74) is 1.97. The number of carbonyl (C=O) groups is 1. The quantitative estimate of drug-likeness (QED) is 0.487. The smallest absolute Gasteiger partial charge is 0.336 e. The average molecular weight is 272 g/mol. The summed E-state index contributed by atoms with van der Waals surface area (Å²) >= 11 is 0.